The molecule has 0 spiro atoms. The Morgan fingerprint density at radius 1 is 1.21 bits per heavy atom. The molecule has 0 N–H and O–H groups in total. The Labute approximate surface area is 90.1 Å². The fourth-order valence-electron chi connectivity index (χ4n) is 1.24. The zero-order valence-electron chi connectivity index (χ0n) is 10.7. The monoisotopic (exact) mass is 194 g/mol. The van der Waals surface area contributed by atoms with Gasteiger partial charge in [-0.3, -0.25) is 0 Å². The summed E-state index contributed by atoms with van der Waals surface area (Å²) in [6, 6.07) is 0. The van der Waals surface area contributed by atoms with E-state index in [-0.39, 0.29) is 0 Å². The Morgan fingerprint density at radius 2 is 1.50 bits per heavy atom. The van der Waals surface area contributed by atoms with Crippen LogP contribution in [-0.4, -0.2) is 0 Å². The van der Waals surface area contributed by atoms with Crippen LogP contribution in [0.25, 0.3) is 0 Å². The summed E-state index contributed by atoms with van der Waals surface area (Å²) in [6.07, 6.45) is 5.76. The molecule has 14 heavy (non-hydrogen) atoms. The van der Waals surface area contributed by atoms with Gasteiger partial charge in [0, 0.05) is 0 Å². The Kier molecular flexibility index (Phi) is 5.18. The SMILES string of the molecule is C=C(C)CC.CC1C=CC(C)C1(C)C. The minimum Gasteiger partial charge on any atom is -0.100 e. The van der Waals surface area contributed by atoms with Gasteiger partial charge in [0.1, 0.15) is 0 Å². The van der Waals surface area contributed by atoms with Crippen LogP contribution in [0.5, 0.6) is 0 Å². The van der Waals surface area contributed by atoms with E-state index in [0.717, 1.165) is 18.3 Å². The van der Waals surface area contributed by atoms with Crippen LogP contribution < -0.4 is 0 Å². The van der Waals surface area contributed by atoms with Crippen molar-refractivity contribution >= 4 is 0 Å². The van der Waals surface area contributed by atoms with Crippen LogP contribution in [-0.2, 0) is 0 Å². The molecule has 82 valence electrons. The van der Waals surface area contributed by atoms with E-state index in [1.54, 1.807) is 0 Å². The summed E-state index contributed by atoms with van der Waals surface area (Å²) in [5.74, 6) is 1.51. The fraction of sp³-hybridized carbons (Fsp3) is 0.714. The van der Waals surface area contributed by atoms with Gasteiger partial charge < -0.3 is 0 Å². The van der Waals surface area contributed by atoms with Gasteiger partial charge in [0.2, 0.25) is 0 Å². The standard InChI is InChI=1S/C9H16.C5H10/c1-7-5-6-8(2)9(7,3)4;1-4-5(2)3/h5-8H,1-4H3;2,4H2,1,3H3. The third-order valence-electron chi connectivity index (χ3n) is 3.64. The molecule has 1 rings (SSSR count). The van der Waals surface area contributed by atoms with Crippen molar-refractivity contribution in [3.63, 3.8) is 0 Å². The van der Waals surface area contributed by atoms with Crippen LogP contribution in [0.2, 0.25) is 0 Å². The molecule has 2 unspecified atom stereocenters. The summed E-state index contributed by atoms with van der Waals surface area (Å²) in [6.45, 7) is 17.1. The molecule has 0 heteroatoms. The van der Waals surface area contributed by atoms with Gasteiger partial charge in [-0.15, -0.1) is 6.58 Å². The van der Waals surface area contributed by atoms with Crippen molar-refractivity contribution in [1.29, 1.82) is 0 Å². The Bertz CT molecular complexity index is 194. The zero-order valence-corrected chi connectivity index (χ0v) is 10.7. The van der Waals surface area contributed by atoms with Gasteiger partial charge in [0.15, 0.2) is 0 Å². The predicted octanol–water partition coefficient (Wildman–Crippen LogP) is 4.83. The topological polar surface area (TPSA) is 0 Å². The smallest absolute Gasteiger partial charge is 0.0205 e. The van der Waals surface area contributed by atoms with Crippen LogP contribution in [0.3, 0.4) is 0 Å². The van der Waals surface area contributed by atoms with E-state index >= 15 is 0 Å². The lowest BCUT2D eigenvalue weighted by Crippen LogP contribution is -2.21. The van der Waals surface area contributed by atoms with Crippen LogP contribution in [0.4, 0.5) is 0 Å². The van der Waals surface area contributed by atoms with Gasteiger partial charge >= 0.3 is 0 Å². The Morgan fingerprint density at radius 3 is 1.57 bits per heavy atom. The van der Waals surface area contributed by atoms with E-state index in [1.807, 2.05) is 6.92 Å². The molecule has 1 aliphatic rings. The molecule has 0 bridgehead atoms. The molecular weight excluding hydrogens is 168 g/mol. The second-order valence-corrected chi connectivity index (χ2v) is 5.09. The number of hydrogen-bond donors (Lipinski definition) is 0. The highest BCUT2D eigenvalue weighted by molar-refractivity contribution is 5.08. The van der Waals surface area contributed by atoms with E-state index < -0.39 is 0 Å². The molecule has 2 atom stereocenters. The lowest BCUT2D eigenvalue weighted by Gasteiger charge is -2.28. The maximum absolute atomic E-state index is 3.67. The van der Waals surface area contributed by atoms with Crippen LogP contribution in [0.15, 0.2) is 24.3 Å². The summed E-state index contributed by atoms with van der Waals surface area (Å²) < 4.78 is 0. The van der Waals surface area contributed by atoms with Crippen molar-refractivity contribution in [3.8, 4) is 0 Å². The largest absolute Gasteiger partial charge is 0.100 e. The average Bonchev–Trinajstić information content (AvgIpc) is 2.33. The lowest BCUT2D eigenvalue weighted by molar-refractivity contribution is 0.232. The summed E-state index contributed by atoms with van der Waals surface area (Å²) >= 11 is 0. The minimum atomic E-state index is 0.500. The highest BCUT2D eigenvalue weighted by Crippen LogP contribution is 2.41. The van der Waals surface area contributed by atoms with Gasteiger partial charge in [-0.2, -0.15) is 0 Å². The molecule has 0 saturated carbocycles. The number of hydrogen-bond acceptors (Lipinski definition) is 0. The van der Waals surface area contributed by atoms with Gasteiger partial charge in [-0.05, 0) is 30.6 Å². The molecule has 1 aliphatic carbocycles. The molecule has 0 fully saturated rings. The maximum atomic E-state index is 3.67. The first-order valence-corrected chi connectivity index (χ1v) is 5.65. The highest BCUT2D eigenvalue weighted by Gasteiger charge is 2.32. The molecule has 0 aromatic carbocycles. The summed E-state index contributed by atoms with van der Waals surface area (Å²) in [5, 5.41) is 0. The van der Waals surface area contributed by atoms with Crippen LogP contribution in [0.1, 0.15) is 48.0 Å². The normalized spacial score (nSPS) is 28.1. The molecule has 0 aliphatic heterocycles. The summed E-state index contributed by atoms with van der Waals surface area (Å²) in [7, 11) is 0. The second-order valence-electron chi connectivity index (χ2n) is 5.09. The summed E-state index contributed by atoms with van der Waals surface area (Å²) in [5.41, 5.74) is 1.75. The first-order valence-electron chi connectivity index (χ1n) is 5.65. The molecule has 0 saturated heterocycles. The summed E-state index contributed by atoms with van der Waals surface area (Å²) in [4.78, 5) is 0. The first-order chi connectivity index (χ1) is 6.32. The third kappa shape index (κ3) is 3.69. The number of rotatable bonds is 1. The second kappa shape index (κ2) is 5.38. The van der Waals surface area contributed by atoms with Crippen molar-refractivity contribution in [2.24, 2.45) is 17.3 Å². The molecule has 0 aromatic heterocycles. The Hall–Kier alpha value is -0.520. The minimum absolute atomic E-state index is 0.500. The van der Waals surface area contributed by atoms with Crippen LogP contribution >= 0.6 is 0 Å². The van der Waals surface area contributed by atoms with Crippen LogP contribution in [0, 0.1) is 17.3 Å². The van der Waals surface area contributed by atoms with Crippen molar-refractivity contribution in [2.45, 2.75) is 48.0 Å². The van der Waals surface area contributed by atoms with E-state index in [9.17, 15) is 0 Å². The van der Waals surface area contributed by atoms with E-state index in [0.29, 0.717) is 5.41 Å². The van der Waals surface area contributed by atoms with Gasteiger partial charge in [-0.25, -0.2) is 0 Å². The fourth-order valence-corrected chi connectivity index (χ4v) is 1.24. The predicted molar refractivity (Wildman–Crippen MR) is 66.4 cm³/mol. The quantitative estimate of drug-likeness (QED) is 0.525. The molecular formula is C14H26. The van der Waals surface area contributed by atoms with Gasteiger partial charge in [-0.1, -0.05) is 52.3 Å². The molecule has 0 aromatic rings. The van der Waals surface area contributed by atoms with Gasteiger partial charge in [0.25, 0.3) is 0 Å². The average molecular weight is 194 g/mol. The molecule has 0 heterocycles. The Balaban J connectivity index is 0.000000292. The number of allylic oxidation sites excluding steroid dienone is 3. The van der Waals surface area contributed by atoms with Crippen molar-refractivity contribution < 1.29 is 0 Å². The van der Waals surface area contributed by atoms with E-state index in [1.165, 1.54) is 5.57 Å². The van der Waals surface area contributed by atoms with Crippen molar-refractivity contribution in [3.05, 3.63) is 24.3 Å². The molecule has 0 nitrogen and oxygen atoms in total. The van der Waals surface area contributed by atoms with Gasteiger partial charge in [0.05, 0.1) is 0 Å². The first kappa shape index (κ1) is 13.5. The molecule has 0 amide bonds. The van der Waals surface area contributed by atoms with E-state index in [2.05, 4.69) is 53.3 Å². The lowest BCUT2D eigenvalue weighted by atomic mass is 9.76. The van der Waals surface area contributed by atoms with Crippen molar-refractivity contribution in [1.82, 2.24) is 0 Å². The maximum Gasteiger partial charge on any atom is -0.0205 e. The third-order valence-corrected chi connectivity index (χ3v) is 3.64. The molecule has 0 radical (unpaired) electrons. The van der Waals surface area contributed by atoms with E-state index in [4.69, 9.17) is 0 Å². The zero-order chi connectivity index (χ0) is 11.4. The highest BCUT2D eigenvalue weighted by atomic mass is 14.4. The van der Waals surface area contributed by atoms with Crippen molar-refractivity contribution in [2.75, 3.05) is 0 Å².